The van der Waals surface area contributed by atoms with Gasteiger partial charge >= 0.3 is 50.5 Å². The Morgan fingerprint density at radius 1 is 2.00 bits per heavy atom. The second-order valence-electron chi connectivity index (χ2n) is 0.139. The molecule has 0 unspecified atom stereocenters. The van der Waals surface area contributed by atoms with E-state index in [1.807, 2.05) is 0 Å². The van der Waals surface area contributed by atoms with Crippen molar-refractivity contribution in [3.05, 3.63) is 0 Å². The molecule has 0 spiro atoms. The van der Waals surface area contributed by atoms with E-state index in [0.29, 0.717) is 0 Å². The Bertz CT molecular complexity index is 37.8. The molecule has 0 aromatic heterocycles. The normalized spacial score (nSPS) is 6.00. The van der Waals surface area contributed by atoms with E-state index in [2.05, 4.69) is 0 Å². The van der Waals surface area contributed by atoms with Crippen LogP contribution >= 0.6 is 0 Å². The molecule has 0 saturated carbocycles. The molecular formula is CFOXe+. The summed E-state index contributed by atoms with van der Waals surface area (Å²) < 4.78 is 20.2. The number of hydrogen-bond donors (Lipinski definition) is 0. The molecule has 0 amide bonds. The second kappa shape index (κ2) is 4.24. The summed E-state index contributed by atoms with van der Waals surface area (Å²) in [5.41, 5.74) is 0. The molecule has 24 valence electrons. The molecule has 0 N–H and O–H groups in total. The monoisotopic (exact) mass is 179 g/mol. The van der Waals surface area contributed by atoms with Gasteiger partial charge in [-0.3, -0.25) is 0 Å². The topological polar surface area (TPSA) is 19.9 Å². The molecule has 0 atom stereocenters. The van der Waals surface area contributed by atoms with Gasteiger partial charge in [-0.1, -0.05) is 0 Å². The fourth-order valence-electron chi connectivity index (χ4n) is 0. The summed E-state index contributed by atoms with van der Waals surface area (Å²) in [5, 5.41) is 0. The summed E-state index contributed by atoms with van der Waals surface area (Å²) in [6, 6.07) is 0. The summed E-state index contributed by atoms with van der Waals surface area (Å²) in [4.78, 5) is 0. The number of rotatable bonds is 0. The van der Waals surface area contributed by atoms with Gasteiger partial charge in [0, 0.05) is 0 Å². The van der Waals surface area contributed by atoms with Crippen LogP contribution in [0.15, 0.2) is 0 Å². The first-order chi connectivity index (χ1) is 1.91. The molecule has 0 aromatic carbocycles. The zero-order valence-corrected chi connectivity index (χ0v) is 3.66. The number of halogens is 1. The van der Waals surface area contributed by atoms with E-state index in [9.17, 15) is 0.0835 Å². The van der Waals surface area contributed by atoms with Gasteiger partial charge in [-0.2, -0.15) is 0 Å². The third-order valence-corrected chi connectivity index (χ3v) is 0.183. The van der Waals surface area contributed by atoms with Crippen molar-refractivity contribution in [3.8, 4) is 0.615 Å². The molecule has 3 heteroatoms. The first-order valence-corrected chi connectivity index (χ1v) is 2.29. The van der Waals surface area contributed by atoms with E-state index >= 15 is 0 Å². The minimum atomic E-state index is -1.57. The average Bonchev–Trinajstić information content (AvgIpc) is 1.37. The van der Waals surface area contributed by atoms with Crippen LogP contribution in [-0.2, 0) is 4.65 Å². The summed E-state index contributed by atoms with van der Waals surface area (Å²) in [6.45, 7) is 0. The van der Waals surface area contributed by atoms with Crippen LogP contribution < -0.4 is 0 Å². The molecule has 0 fully saturated rings. The first kappa shape index (κ1) is 5.24. The van der Waals surface area contributed by atoms with Crippen LogP contribution in [0.3, 0.4) is 0 Å². The van der Waals surface area contributed by atoms with E-state index in [4.69, 9.17) is 4.65 Å². The summed E-state index contributed by atoms with van der Waals surface area (Å²) in [6.07, 6.45) is 0. The summed E-state index contributed by atoms with van der Waals surface area (Å²) in [7, 11) is 0. The number of hydrogen-bond acceptors (Lipinski definition) is 0. The fraction of sp³-hybridized carbons (Fsp3) is 0. The van der Waals surface area contributed by atoms with Gasteiger partial charge in [0.2, 0.25) is 0 Å². The molecule has 0 aliphatic rings. The third kappa shape index (κ3) is 3.24. The molecule has 0 aliphatic carbocycles. The van der Waals surface area contributed by atoms with Gasteiger partial charge in [0.05, 0.1) is 0 Å². The SMILES string of the molecule is [O+]#C[Xe]F. The maximum atomic E-state index is 10.4. The van der Waals surface area contributed by atoms with Crippen LogP contribution in [0.25, 0.3) is 0 Å². The third-order valence-electron chi connectivity index (χ3n) is 0.0273. The molecule has 0 radical (unpaired) electrons. The van der Waals surface area contributed by atoms with Gasteiger partial charge in [0.25, 0.3) is 0 Å². The van der Waals surface area contributed by atoms with Crippen molar-refractivity contribution in [2.45, 2.75) is 0 Å². The van der Waals surface area contributed by atoms with Gasteiger partial charge in [0.15, 0.2) is 0 Å². The molecule has 0 heterocycles. The van der Waals surface area contributed by atoms with Crippen molar-refractivity contribution in [1.29, 1.82) is 0 Å². The van der Waals surface area contributed by atoms with Crippen molar-refractivity contribution < 1.29 is 49.8 Å². The van der Waals surface area contributed by atoms with Crippen LogP contribution in [0.2, 0.25) is 0 Å². The average molecular weight is 178 g/mol. The van der Waals surface area contributed by atoms with E-state index < -0.39 is 45.1 Å². The molecule has 0 saturated heterocycles. The Balaban J connectivity index is 2.43. The van der Waals surface area contributed by atoms with Crippen LogP contribution in [0.5, 0.6) is 0 Å². The zero-order chi connectivity index (χ0) is 3.41. The van der Waals surface area contributed by atoms with Gasteiger partial charge in [0.1, 0.15) is 0 Å². The summed E-state index contributed by atoms with van der Waals surface area (Å²) >= 11 is -1.57. The standard InChI is InChI=1S/CFOXe/c2-4-1-3/q+1. The molecule has 0 aromatic rings. The molecule has 0 aliphatic heterocycles. The van der Waals surface area contributed by atoms with Gasteiger partial charge in [-0.15, -0.1) is 0 Å². The second-order valence-corrected chi connectivity index (χ2v) is 0.932. The van der Waals surface area contributed by atoms with E-state index in [1.54, 1.807) is 0 Å². The quantitative estimate of drug-likeness (QED) is 0.476. The van der Waals surface area contributed by atoms with E-state index in [-0.39, 0.29) is 0 Å². The Morgan fingerprint density at radius 2 is 2.25 bits per heavy atom. The van der Waals surface area contributed by atoms with Crippen molar-refractivity contribution in [1.82, 2.24) is 0 Å². The fourth-order valence-corrected chi connectivity index (χ4v) is 0. The minimum absolute atomic E-state index is 1.10. The van der Waals surface area contributed by atoms with E-state index in [1.165, 1.54) is 0 Å². The predicted octanol–water partition coefficient (Wildman–Crippen LogP) is 0.303. The molecule has 0 bridgehead atoms. The zero-order valence-electron chi connectivity index (χ0n) is 1.64. The van der Waals surface area contributed by atoms with Gasteiger partial charge in [-0.25, -0.2) is 0 Å². The van der Waals surface area contributed by atoms with Crippen LogP contribution in [0, 0.1) is 45.7 Å². The van der Waals surface area contributed by atoms with Crippen LogP contribution in [0.4, 0.5) is 0.0835 Å². The summed E-state index contributed by atoms with van der Waals surface area (Å²) in [5.74, 6) is 0. The Labute approximate surface area is 49.5 Å². The van der Waals surface area contributed by atoms with Crippen molar-refractivity contribution in [2.75, 3.05) is 0 Å². The first-order valence-electron chi connectivity index (χ1n) is 0.515. The molecule has 1 nitrogen and oxygen atoms in total. The van der Waals surface area contributed by atoms with E-state index in [0.717, 1.165) is 0.615 Å². The Hall–Kier alpha value is 1.24. The molecule has 4 heavy (non-hydrogen) atoms. The Morgan fingerprint density at radius 3 is 2.25 bits per heavy atom. The van der Waals surface area contributed by atoms with Crippen LogP contribution in [-0.4, -0.2) is 0 Å². The van der Waals surface area contributed by atoms with Crippen molar-refractivity contribution >= 4 is 0 Å². The Kier molecular flexibility index (Phi) is 5.56. The van der Waals surface area contributed by atoms with Gasteiger partial charge < -0.3 is 0 Å². The van der Waals surface area contributed by atoms with Crippen molar-refractivity contribution in [2.24, 2.45) is 0 Å². The molecule has 0 rings (SSSR count). The maximum absolute atomic E-state index is 10.4. The molecular weight excluding hydrogens is 178 g/mol. The van der Waals surface area contributed by atoms with Crippen molar-refractivity contribution in [3.63, 3.8) is 0 Å². The predicted molar refractivity (Wildman–Crippen MR) is 5.68 cm³/mol. The van der Waals surface area contributed by atoms with Crippen LogP contribution in [0.1, 0.15) is 0 Å². The van der Waals surface area contributed by atoms with Gasteiger partial charge in [-0.05, 0) is 0 Å².